The molecule has 1 atom stereocenters. The second kappa shape index (κ2) is 8.29. The topological polar surface area (TPSA) is 9.72 Å². The Morgan fingerprint density at radius 2 is 1.07 bits per heavy atom. The maximum absolute atomic E-state index is 3.74. The molecule has 1 unspecified atom stereocenters. The van der Waals surface area contributed by atoms with E-state index in [0.717, 1.165) is 11.3 Å². The van der Waals surface area contributed by atoms with Gasteiger partial charge in [0.05, 0.1) is 44.0 Å². The van der Waals surface area contributed by atoms with Crippen LogP contribution in [0.15, 0.2) is 91.0 Å². The molecule has 1 heterocycles. The van der Waals surface area contributed by atoms with Crippen LogP contribution in [0.4, 0.5) is 0 Å². The highest BCUT2D eigenvalue weighted by atomic mass is 79.9. The van der Waals surface area contributed by atoms with Crippen molar-refractivity contribution < 1.29 is 0 Å². The van der Waals surface area contributed by atoms with Crippen molar-refractivity contribution in [1.29, 1.82) is 0 Å². The Morgan fingerprint density at radius 1 is 0.593 bits per heavy atom. The molecule has 0 radical (unpaired) electrons. The first-order valence-corrected chi connectivity index (χ1v) is 10.6. The SMILES string of the molecule is BrN1C(c2ccccc2)=C(c2ccccc2)C(c2ccccc2)N(Br)N1Br. The molecule has 3 aromatic carbocycles. The quantitative estimate of drug-likeness (QED) is 0.326. The second-order valence-corrected chi connectivity index (χ2v) is 8.13. The number of hydrazine groups is 2. The van der Waals surface area contributed by atoms with Gasteiger partial charge in [-0.15, -0.1) is 4.03 Å². The molecule has 0 spiro atoms. The van der Waals surface area contributed by atoms with E-state index in [2.05, 4.69) is 121 Å². The molecular formula is C21H16Br3N3. The fraction of sp³-hybridized carbons (Fsp3) is 0.0476. The standard InChI is InChI=1S/C21H16Br3N3/c22-25-20(17-12-6-2-7-13-17)19(16-10-4-1-5-11-16)21(26(23)27(25)24)18-14-8-3-9-15-18/h1-15,20H. The largest absolute Gasteiger partial charge is 0.213 e. The Labute approximate surface area is 184 Å². The Morgan fingerprint density at radius 3 is 1.63 bits per heavy atom. The predicted octanol–water partition coefficient (Wildman–Crippen LogP) is 6.98. The molecule has 0 aromatic heterocycles. The maximum Gasteiger partial charge on any atom is 0.0917 e. The highest BCUT2D eigenvalue weighted by Crippen LogP contribution is 2.50. The van der Waals surface area contributed by atoms with Crippen molar-refractivity contribution in [3.05, 3.63) is 108 Å². The van der Waals surface area contributed by atoms with Gasteiger partial charge in [-0.05, 0) is 11.1 Å². The third-order valence-corrected chi connectivity index (χ3v) is 7.35. The van der Waals surface area contributed by atoms with E-state index in [1.165, 1.54) is 16.7 Å². The summed E-state index contributed by atoms with van der Waals surface area (Å²) in [5.74, 6) is 0. The van der Waals surface area contributed by atoms with Crippen LogP contribution in [0.25, 0.3) is 11.3 Å². The molecule has 0 saturated heterocycles. The third kappa shape index (κ3) is 3.65. The summed E-state index contributed by atoms with van der Waals surface area (Å²) in [4.78, 5) is 0. The van der Waals surface area contributed by atoms with E-state index in [-0.39, 0.29) is 6.04 Å². The zero-order valence-electron chi connectivity index (χ0n) is 14.2. The van der Waals surface area contributed by atoms with Crippen molar-refractivity contribution in [3.8, 4) is 0 Å². The van der Waals surface area contributed by atoms with Crippen molar-refractivity contribution in [3.63, 3.8) is 0 Å². The smallest absolute Gasteiger partial charge is 0.0917 e. The second-order valence-electron chi connectivity index (χ2n) is 6.10. The predicted molar refractivity (Wildman–Crippen MR) is 121 cm³/mol. The van der Waals surface area contributed by atoms with E-state index in [1.807, 2.05) is 30.4 Å². The van der Waals surface area contributed by atoms with Crippen molar-refractivity contribution in [2.24, 2.45) is 0 Å². The minimum atomic E-state index is -0.0306. The van der Waals surface area contributed by atoms with Crippen molar-refractivity contribution >= 4 is 59.7 Å². The summed E-state index contributed by atoms with van der Waals surface area (Å²) in [5.41, 5.74) is 5.74. The van der Waals surface area contributed by atoms with Gasteiger partial charge in [0.2, 0.25) is 0 Å². The molecule has 0 bridgehead atoms. The van der Waals surface area contributed by atoms with Crippen LogP contribution in [0.2, 0.25) is 0 Å². The van der Waals surface area contributed by atoms with Crippen molar-refractivity contribution in [2.75, 3.05) is 0 Å². The number of hydrogen-bond acceptors (Lipinski definition) is 3. The molecule has 0 aliphatic carbocycles. The average Bonchev–Trinajstić information content (AvgIpc) is 2.73. The molecule has 6 heteroatoms. The van der Waals surface area contributed by atoms with Gasteiger partial charge in [0, 0.05) is 27.3 Å². The molecule has 0 fully saturated rings. The van der Waals surface area contributed by atoms with Gasteiger partial charge in [-0.3, -0.25) is 0 Å². The molecule has 136 valence electrons. The van der Waals surface area contributed by atoms with E-state index in [9.17, 15) is 0 Å². The highest BCUT2D eigenvalue weighted by molar-refractivity contribution is 9.10. The average molecular weight is 550 g/mol. The fourth-order valence-corrected chi connectivity index (χ4v) is 4.95. The van der Waals surface area contributed by atoms with Gasteiger partial charge in [0.15, 0.2) is 0 Å². The van der Waals surface area contributed by atoms with Crippen LogP contribution in [-0.2, 0) is 0 Å². The Bertz CT molecular complexity index is 933. The molecule has 0 saturated carbocycles. The highest BCUT2D eigenvalue weighted by Gasteiger charge is 2.39. The van der Waals surface area contributed by atoms with Crippen LogP contribution in [0.3, 0.4) is 0 Å². The first kappa shape index (κ1) is 18.9. The molecule has 1 aliphatic rings. The monoisotopic (exact) mass is 547 g/mol. The summed E-state index contributed by atoms with van der Waals surface area (Å²) in [5, 5.41) is 0. The molecular weight excluding hydrogens is 534 g/mol. The molecule has 4 rings (SSSR count). The number of benzene rings is 3. The molecule has 0 amide bonds. The van der Waals surface area contributed by atoms with Crippen molar-refractivity contribution in [2.45, 2.75) is 6.04 Å². The van der Waals surface area contributed by atoms with Gasteiger partial charge >= 0.3 is 0 Å². The lowest BCUT2D eigenvalue weighted by Gasteiger charge is -2.44. The van der Waals surface area contributed by atoms with E-state index in [4.69, 9.17) is 0 Å². The van der Waals surface area contributed by atoms with Gasteiger partial charge in [0.1, 0.15) is 0 Å². The third-order valence-electron chi connectivity index (χ3n) is 4.48. The summed E-state index contributed by atoms with van der Waals surface area (Å²) >= 11 is 11.1. The summed E-state index contributed by atoms with van der Waals surface area (Å²) in [6.45, 7) is 0. The van der Waals surface area contributed by atoms with Gasteiger partial charge < -0.3 is 0 Å². The van der Waals surface area contributed by atoms with E-state index < -0.39 is 0 Å². The first-order valence-electron chi connectivity index (χ1n) is 8.45. The van der Waals surface area contributed by atoms with E-state index in [1.54, 1.807) is 0 Å². The van der Waals surface area contributed by atoms with Crippen LogP contribution >= 0.6 is 48.4 Å². The number of halogens is 3. The van der Waals surface area contributed by atoms with Crippen LogP contribution in [-0.4, -0.2) is 12.2 Å². The van der Waals surface area contributed by atoms with Gasteiger partial charge in [-0.2, -0.15) is 0 Å². The minimum absolute atomic E-state index is 0.0306. The number of nitrogens with zero attached hydrogens (tertiary/aromatic N) is 3. The lowest BCUT2D eigenvalue weighted by Crippen LogP contribution is -2.43. The summed E-state index contributed by atoms with van der Waals surface area (Å²) in [7, 11) is 0. The minimum Gasteiger partial charge on any atom is -0.213 e. The van der Waals surface area contributed by atoms with Crippen LogP contribution in [0.5, 0.6) is 0 Å². The van der Waals surface area contributed by atoms with Gasteiger partial charge in [-0.25, -0.2) is 4.03 Å². The zero-order chi connectivity index (χ0) is 18.8. The number of hydrogen-bond donors (Lipinski definition) is 0. The molecule has 3 nitrogen and oxygen atoms in total. The summed E-state index contributed by atoms with van der Waals surface area (Å²) in [6, 6.07) is 31.3. The zero-order valence-corrected chi connectivity index (χ0v) is 19.0. The lowest BCUT2D eigenvalue weighted by molar-refractivity contribution is 0.0790. The molecule has 0 N–H and O–H groups in total. The van der Waals surface area contributed by atoms with E-state index in [0.29, 0.717) is 0 Å². The van der Waals surface area contributed by atoms with Crippen LogP contribution < -0.4 is 0 Å². The summed E-state index contributed by atoms with van der Waals surface area (Å²) < 4.78 is 5.73. The molecule has 27 heavy (non-hydrogen) atoms. The van der Waals surface area contributed by atoms with Crippen LogP contribution in [0.1, 0.15) is 22.7 Å². The Kier molecular flexibility index (Phi) is 5.80. The Balaban J connectivity index is 2.03. The maximum atomic E-state index is 3.74. The summed E-state index contributed by atoms with van der Waals surface area (Å²) in [6.07, 6.45) is 0. The van der Waals surface area contributed by atoms with Gasteiger partial charge in [-0.1, -0.05) is 95.1 Å². The van der Waals surface area contributed by atoms with E-state index >= 15 is 0 Å². The number of rotatable bonds is 3. The van der Waals surface area contributed by atoms with Gasteiger partial charge in [0.25, 0.3) is 0 Å². The van der Waals surface area contributed by atoms with Crippen LogP contribution in [0, 0.1) is 0 Å². The first-order chi connectivity index (χ1) is 13.2. The fourth-order valence-electron chi connectivity index (χ4n) is 3.28. The lowest BCUT2D eigenvalue weighted by atomic mass is 9.89. The molecule has 3 aromatic rings. The molecule has 1 aliphatic heterocycles. The Hall–Kier alpha value is -1.44. The normalized spacial score (nSPS) is 18.8. The van der Waals surface area contributed by atoms with Crippen molar-refractivity contribution in [1.82, 2.24) is 12.2 Å².